The molecule has 0 unspecified atom stereocenters. The lowest BCUT2D eigenvalue weighted by atomic mass is 10.0. The predicted molar refractivity (Wildman–Crippen MR) is 97.4 cm³/mol. The van der Waals surface area contributed by atoms with Gasteiger partial charge in [-0.1, -0.05) is 18.2 Å². The number of anilines is 3. The maximum atomic E-state index is 5.82. The Labute approximate surface area is 148 Å². The van der Waals surface area contributed by atoms with Gasteiger partial charge in [0.2, 0.25) is 5.95 Å². The highest BCUT2D eigenvalue weighted by atomic mass is 16.7. The lowest BCUT2D eigenvalue weighted by Crippen LogP contribution is -2.45. The number of rotatable bonds is 3. The Kier molecular flexibility index (Phi) is 4.31. The smallest absolute Gasteiger partial charge is 0.231 e. The van der Waals surface area contributed by atoms with Crippen molar-refractivity contribution in [3.63, 3.8) is 0 Å². The molecular formula is C19H24N4O2. The number of ether oxygens (including phenoxy) is 2. The molecule has 25 heavy (non-hydrogen) atoms. The number of aryl methyl sites for hydroxylation is 1. The number of para-hydroxylation sites is 1. The summed E-state index contributed by atoms with van der Waals surface area (Å²) in [6, 6.07) is 12.2. The van der Waals surface area contributed by atoms with Crippen LogP contribution >= 0.6 is 0 Å². The Morgan fingerprint density at radius 3 is 2.40 bits per heavy atom. The summed E-state index contributed by atoms with van der Waals surface area (Å²) >= 11 is 0. The van der Waals surface area contributed by atoms with Crippen LogP contribution in [0.5, 0.6) is 0 Å². The van der Waals surface area contributed by atoms with Crippen LogP contribution in [-0.2, 0) is 9.47 Å². The summed E-state index contributed by atoms with van der Waals surface area (Å²) in [5, 5.41) is 0. The molecule has 6 nitrogen and oxygen atoms in total. The van der Waals surface area contributed by atoms with E-state index in [9.17, 15) is 0 Å². The van der Waals surface area contributed by atoms with Crippen LogP contribution in [0.25, 0.3) is 0 Å². The highest BCUT2D eigenvalue weighted by Crippen LogP contribution is 2.33. The van der Waals surface area contributed by atoms with Crippen molar-refractivity contribution in [1.82, 2.24) is 9.97 Å². The normalized spacial score (nSPS) is 19.4. The summed E-state index contributed by atoms with van der Waals surface area (Å²) in [5.41, 5.74) is 2.04. The van der Waals surface area contributed by atoms with Gasteiger partial charge in [-0.25, -0.2) is 4.98 Å². The Morgan fingerprint density at radius 1 is 1.04 bits per heavy atom. The SMILES string of the molecule is Cc1cc(N2CCC3(CC2)OCCO3)nc(N(C)c2ccccc2)n1. The van der Waals surface area contributed by atoms with E-state index >= 15 is 0 Å². The third-order valence-corrected chi connectivity index (χ3v) is 4.94. The lowest BCUT2D eigenvalue weighted by molar-refractivity contribution is -0.169. The molecule has 0 bridgehead atoms. The number of hydrogen-bond acceptors (Lipinski definition) is 6. The summed E-state index contributed by atoms with van der Waals surface area (Å²) in [6.07, 6.45) is 1.75. The monoisotopic (exact) mass is 340 g/mol. The van der Waals surface area contributed by atoms with E-state index in [2.05, 4.69) is 28.1 Å². The van der Waals surface area contributed by atoms with Crippen LogP contribution in [0.2, 0.25) is 0 Å². The predicted octanol–water partition coefficient (Wildman–Crippen LogP) is 2.90. The van der Waals surface area contributed by atoms with Gasteiger partial charge in [0.15, 0.2) is 5.79 Å². The highest BCUT2D eigenvalue weighted by Gasteiger charge is 2.40. The molecular weight excluding hydrogens is 316 g/mol. The Hall–Kier alpha value is -2.18. The summed E-state index contributed by atoms with van der Waals surface area (Å²) in [4.78, 5) is 13.7. The Balaban J connectivity index is 1.54. The van der Waals surface area contributed by atoms with Crippen molar-refractivity contribution < 1.29 is 9.47 Å². The summed E-state index contributed by atoms with van der Waals surface area (Å²) in [7, 11) is 2.00. The van der Waals surface area contributed by atoms with Crippen LogP contribution in [0.15, 0.2) is 36.4 Å². The second kappa shape index (κ2) is 6.61. The molecule has 2 fully saturated rings. The number of hydrogen-bond donors (Lipinski definition) is 0. The standard InChI is InChI=1S/C19H24N4O2/c1-15-14-17(23-10-8-19(9-11-23)24-12-13-25-19)21-18(20-15)22(2)16-6-4-3-5-7-16/h3-7,14H,8-13H2,1-2H3. The number of nitrogens with zero attached hydrogens (tertiary/aromatic N) is 4. The fourth-order valence-electron chi connectivity index (χ4n) is 3.48. The molecule has 0 N–H and O–H groups in total. The summed E-state index contributed by atoms with van der Waals surface area (Å²) in [6.45, 7) is 5.19. The molecule has 2 aromatic rings. The quantitative estimate of drug-likeness (QED) is 0.856. The molecule has 0 radical (unpaired) electrons. The van der Waals surface area contributed by atoms with E-state index in [-0.39, 0.29) is 5.79 Å². The van der Waals surface area contributed by atoms with Gasteiger partial charge in [0.25, 0.3) is 0 Å². The van der Waals surface area contributed by atoms with Crippen molar-refractivity contribution >= 4 is 17.5 Å². The first-order valence-electron chi connectivity index (χ1n) is 8.83. The molecule has 1 aromatic carbocycles. The first-order chi connectivity index (χ1) is 12.2. The van der Waals surface area contributed by atoms with Gasteiger partial charge in [0.1, 0.15) is 5.82 Å². The number of benzene rings is 1. The summed E-state index contributed by atoms with van der Waals surface area (Å²) < 4.78 is 11.6. The second-order valence-electron chi connectivity index (χ2n) is 6.66. The molecule has 0 aliphatic carbocycles. The molecule has 1 spiro atoms. The number of piperidine rings is 1. The molecule has 2 saturated heterocycles. The average Bonchev–Trinajstić information content (AvgIpc) is 3.10. The fourth-order valence-corrected chi connectivity index (χ4v) is 3.48. The molecule has 2 aliphatic rings. The van der Waals surface area contributed by atoms with Gasteiger partial charge in [0, 0.05) is 50.4 Å². The largest absolute Gasteiger partial charge is 0.356 e. The molecule has 1 aromatic heterocycles. The first-order valence-corrected chi connectivity index (χ1v) is 8.83. The first kappa shape index (κ1) is 16.3. The average molecular weight is 340 g/mol. The number of aromatic nitrogens is 2. The van der Waals surface area contributed by atoms with Gasteiger partial charge >= 0.3 is 0 Å². The Bertz CT molecular complexity index is 721. The van der Waals surface area contributed by atoms with Gasteiger partial charge in [-0.05, 0) is 19.1 Å². The topological polar surface area (TPSA) is 50.7 Å². The van der Waals surface area contributed by atoms with Crippen molar-refractivity contribution in [3.05, 3.63) is 42.1 Å². The molecule has 3 heterocycles. The van der Waals surface area contributed by atoms with Crippen molar-refractivity contribution in [2.45, 2.75) is 25.6 Å². The minimum Gasteiger partial charge on any atom is -0.356 e. The van der Waals surface area contributed by atoms with E-state index in [1.54, 1.807) is 0 Å². The van der Waals surface area contributed by atoms with Gasteiger partial charge in [-0.2, -0.15) is 4.98 Å². The van der Waals surface area contributed by atoms with Gasteiger partial charge < -0.3 is 19.3 Å². The minimum absolute atomic E-state index is 0.359. The maximum absolute atomic E-state index is 5.82. The molecule has 6 heteroatoms. The molecule has 0 amide bonds. The zero-order valence-electron chi connectivity index (χ0n) is 14.8. The zero-order valence-corrected chi connectivity index (χ0v) is 14.8. The maximum Gasteiger partial charge on any atom is 0.231 e. The van der Waals surface area contributed by atoms with Crippen molar-refractivity contribution in [2.75, 3.05) is 43.2 Å². The lowest BCUT2D eigenvalue weighted by Gasteiger charge is -2.38. The second-order valence-corrected chi connectivity index (χ2v) is 6.66. The van der Waals surface area contributed by atoms with E-state index in [1.165, 1.54) is 0 Å². The molecule has 2 aliphatic heterocycles. The highest BCUT2D eigenvalue weighted by molar-refractivity contribution is 5.58. The van der Waals surface area contributed by atoms with E-state index in [0.717, 1.165) is 49.1 Å². The van der Waals surface area contributed by atoms with Crippen molar-refractivity contribution in [2.24, 2.45) is 0 Å². The van der Waals surface area contributed by atoms with Crippen LogP contribution in [0.3, 0.4) is 0 Å². The van der Waals surface area contributed by atoms with E-state index in [4.69, 9.17) is 14.5 Å². The summed E-state index contributed by atoms with van der Waals surface area (Å²) in [5.74, 6) is 1.33. The van der Waals surface area contributed by atoms with Crippen LogP contribution < -0.4 is 9.80 Å². The van der Waals surface area contributed by atoms with Crippen molar-refractivity contribution in [3.8, 4) is 0 Å². The van der Waals surface area contributed by atoms with Crippen LogP contribution in [0, 0.1) is 6.92 Å². The van der Waals surface area contributed by atoms with Gasteiger partial charge in [0.05, 0.1) is 13.2 Å². The third-order valence-electron chi connectivity index (χ3n) is 4.94. The van der Waals surface area contributed by atoms with Crippen LogP contribution in [0.4, 0.5) is 17.5 Å². The van der Waals surface area contributed by atoms with Gasteiger partial charge in [-0.15, -0.1) is 0 Å². The van der Waals surface area contributed by atoms with Crippen LogP contribution in [0.1, 0.15) is 18.5 Å². The minimum atomic E-state index is -0.359. The molecule has 4 rings (SSSR count). The van der Waals surface area contributed by atoms with E-state index in [1.807, 2.05) is 37.1 Å². The van der Waals surface area contributed by atoms with Gasteiger partial charge in [-0.3, -0.25) is 0 Å². The Morgan fingerprint density at radius 2 is 1.72 bits per heavy atom. The third kappa shape index (κ3) is 3.32. The molecule has 132 valence electrons. The fraction of sp³-hybridized carbons (Fsp3) is 0.474. The van der Waals surface area contributed by atoms with E-state index < -0.39 is 0 Å². The molecule has 0 atom stereocenters. The van der Waals surface area contributed by atoms with Crippen LogP contribution in [-0.4, -0.2) is 49.1 Å². The molecule has 0 saturated carbocycles. The van der Waals surface area contributed by atoms with E-state index in [0.29, 0.717) is 13.2 Å². The van der Waals surface area contributed by atoms with Crippen molar-refractivity contribution in [1.29, 1.82) is 0 Å². The zero-order chi connectivity index (χ0) is 17.3.